The van der Waals surface area contributed by atoms with Crippen molar-refractivity contribution in [1.82, 2.24) is 10.6 Å². The molecule has 3 unspecified atom stereocenters. The molecule has 2 aliphatic rings. The first kappa shape index (κ1) is 11.8. The lowest BCUT2D eigenvalue weighted by Crippen LogP contribution is -2.43. The largest absolute Gasteiger partial charge is 0.362 e. The fraction of sp³-hybridized carbons (Fsp3) is 0.818. The first-order valence-electron chi connectivity index (χ1n) is 5.94. The van der Waals surface area contributed by atoms with Crippen LogP contribution in [0.2, 0.25) is 0 Å². The molecule has 0 radical (unpaired) electrons. The van der Waals surface area contributed by atoms with Crippen LogP contribution in [0.4, 0.5) is 0 Å². The molecule has 16 heavy (non-hydrogen) atoms. The topological polar surface area (TPSA) is 53.5 Å². The van der Waals surface area contributed by atoms with Crippen LogP contribution in [0.25, 0.3) is 0 Å². The van der Waals surface area contributed by atoms with Gasteiger partial charge in [0.15, 0.2) is 5.17 Å². The maximum atomic E-state index is 11.6. The Balaban J connectivity index is 2.01. The van der Waals surface area contributed by atoms with Crippen molar-refractivity contribution >= 4 is 22.8 Å². The number of hydrogen-bond donors (Lipinski definition) is 2. The van der Waals surface area contributed by atoms with Crippen LogP contribution in [-0.2, 0) is 4.79 Å². The predicted octanol–water partition coefficient (Wildman–Crippen LogP) is 1.12. The number of hydrogen-bond acceptors (Lipinski definition) is 3. The highest BCUT2D eigenvalue weighted by Gasteiger charge is 2.25. The molecule has 2 saturated heterocycles. The predicted molar refractivity (Wildman–Crippen MR) is 67.7 cm³/mol. The van der Waals surface area contributed by atoms with E-state index in [4.69, 9.17) is 0 Å². The van der Waals surface area contributed by atoms with Crippen LogP contribution < -0.4 is 10.6 Å². The van der Waals surface area contributed by atoms with Gasteiger partial charge in [-0.2, -0.15) is 0 Å². The van der Waals surface area contributed by atoms with Crippen molar-refractivity contribution in [3.8, 4) is 0 Å². The molecule has 2 fully saturated rings. The number of aliphatic imine (C=N–C) groups is 1. The second kappa shape index (κ2) is 5.08. The van der Waals surface area contributed by atoms with Gasteiger partial charge in [-0.25, -0.2) is 4.99 Å². The first-order valence-corrected chi connectivity index (χ1v) is 6.82. The Kier molecular flexibility index (Phi) is 3.74. The van der Waals surface area contributed by atoms with E-state index >= 15 is 0 Å². The molecule has 5 heteroatoms. The normalized spacial score (nSPS) is 38.0. The van der Waals surface area contributed by atoms with E-state index in [1.807, 2.05) is 0 Å². The van der Waals surface area contributed by atoms with Gasteiger partial charge >= 0.3 is 0 Å². The molecule has 0 aromatic carbocycles. The standard InChI is InChI=1S/C11H19N3OS/c1-7-6-8(2)16-11(13-7)14-9-4-3-5-12-10(9)15/h7-9H,3-6H2,1-2H3,(H,12,15)(H,13,14). The highest BCUT2D eigenvalue weighted by molar-refractivity contribution is 8.14. The molecule has 2 heterocycles. The number of carbonyl (C=O) groups is 1. The number of thioether (sulfide) groups is 1. The SMILES string of the molecule is CC1CC(C)SC(=NC2CCCNC2=O)N1. The number of amidine groups is 1. The van der Waals surface area contributed by atoms with E-state index in [1.165, 1.54) is 0 Å². The molecular formula is C11H19N3OS. The zero-order chi connectivity index (χ0) is 11.5. The number of rotatable bonds is 1. The van der Waals surface area contributed by atoms with Crippen molar-refractivity contribution in [2.24, 2.45) is 4.99 Å². The van der Waals surface area contributed by atoms with Crippen LogP contribution in [0.1, 0.15) is 33.1 Å². The maximum Gasteiger partial charge on any atom is 0.244 e. The van der Waals surface area contributed by atoms with Crippen molar-refractivity contribution < 1.29 is 4.79 Å². The van der Waals surface area contributed by atoms with Crippen molar-refractivity contribution in [3.63, 3.8) is 0 Å². The van der Waals surface area contributed by atoms with Crippen LogP contribution in [0.5, 0.6) is 0 Å². The van der Waals surface area contributed by atoms with E-state index in [2.05, 4.69) is 29.5 Å². The van der Waals surface area contributed by atoms with E-state index < -0.39 is 0 Å². The van der Waals surface area contributed by atoms with Crippen LogP contribution >= 0.6 is 11.8 Å². The van der Waals surface area contributed by atoms with Gasteiger partial charge in [-0.1, -0.05) is 18.7 Å². The van der Waals surface area contributed by atoms with Gasteiger partial charge in [0.1, 0.15) is 6.04 Å². The summed E-state index contributed by atoms with van der Waals surface area (Å²) < 4.78 is 0. The van der Waals surface area contributed by atoms with Gasteiger partial charge in [0.05, 0.1) is 0 Å². The van der Waals surface area contributed by atoms with E-state index in [1.54, 1.807) is 11.8 Å². The molecule has 4 nitrogen and oxygen atoms in total. The summed E-state index contributed by atoms with van der Waals surface area (Å²) in [6.45, 7) is 5.17. The van der Waals surface area contributed by atoms with Crippen LogP contribution in [0.15, 0.2) is 4.99 Å². The Hall–Kier alpha value is -0.710. The van der Waals surface area contributed by atoms with Crippen molar-refractivity contribution in [2.75, 3.05) is 6.54 Å². The molecule has 0 saturated carbocycles. The molecule has 2 N–H and O–H groups in total. The van der Waals surface area contributed by atoms with Gasteiger partial charge in [-0.3, -0.25) is 4.79 Å². The fourth-order valence-corrected chi connectivity index (χ4v) is 3.35. The third-order valence-electron chi connectivity index (χ3n) is 2.90. The zero-order valence-corrected chi connectivity index (χ0v) is 10.6. The van der Waals surface area contributed by atoms with Crippen LogP contribution in [-0.4, -0.2) is 35.0 Å². The summed E-state index contributed by atoms with van der Waals surface area (Å²) in [6, 6.07) is 0.280. The van der Waals surface area contributed by atoms with E-state index in [0.717, 1.165) is 31.0 Å². The van der Waals surface area contributed by atoms with Gasteiger partial charge in [-0.15, -0.1) is 0 Å². The van der Waals surface area contributed by atoms with Gasteiger partial charge in [0, 0.05) is 17.8 Å². The number of carbonyl (C=O) groups excluding carboxylic acids is 1. The summed E-state index contributed by atoms with van der Waals surface area (Å²) in [5.74, 6) is 0.0760. The highest BCUT2D eigenvalue weighted by atomic mass is 32.2. The minimum atomic E-state index is -0.179. The van der Waals surface area contributed by atoms with Gasteiger partial charge < -0.3 is 10.6 Å². The van der Waals surface area contributed by atoms with Gasteiger partial charge in [0.2, 0.25) is 5.91 Å². The summed E-state index contributed by atoms with van der Waals surface area (Å²) in [7, 11) is 0. The van der Waals surface area contributed by atoms with Crippen LogP contribution in [0.3, 0.4) is 0 Å². The molecule has 1 amide bonds. The molecule has 2 rings (SSSR count). The molecule has 0 aromatic heterocycles. The summed E-state index contributed by atoms with van der Waals surface area (Å²) in [4.78, 5) is 16.1. The molecule has 0 aliphatic carbocycles. The Labute approximate surface area is 101 Å². The van der Waals surface area contributed by atoms with Gasteiger partial charge in [0.25, 0.3) is 0 Å². The summed E-state index contributed by atoms with van der Waals surface area (Å²) in [6.07, 6.45) is 3.06. The second-order valence-corrected chi connectivity index (χ2v) is 6.02. The number of piperidine rings is 1. The van der Waals surface area contributed by atoms with E-state index in [9.17, 15) is 4.79 Å². The number of nitrogens with zero attached hydrogens (tertiary/aromatic N) is 1. The maximum absolute atomic E-state index is 11.6. The van der Waals surface area contributed by atoms with Crippen molar-refractivity contribution in [1.29, 1.82) is 0 Å². The van der Waals surface area contributed by atoms with Gasteiger partial charge in [-0.05, 0) is 26.2 Å². The average molecular weight is 241 g/mol. The lowest BCUT2D eigenvalue weighted by Gasteiger charge is -2.28. The van der Waals surface area contributed by atoms with E-state index in [0.29, 0.717) is 11.3 Å². The Morgan fingerprint density at radius 1 is 1.44 bits per heavy atom. The number of amides is 1. The molecule has 0 spiro atoms. The quantitative estimate of drug-likeness (QED) is 0.723. The molecule has 2 aliphatic heterocycles. The summed E-state index contributed by atoms with van der Waals surface area (Å²) in [5.41, 5.74) is 0. The number of nitrogens with one attached hydrogen (secondary N) is 2. The van der Waals surface area contributed by atoms with Crippen molar-refractivity contribution in [2.45, 2.75) is 50.4 Å². The lowest BCUT2D eigenvalue weighted by molar-refractivity contribution is -0.123. The minimum Gasteiger partial charge on any atom is -0.362 e. The van der Waals surface area contributed by atoms with Crippen molar-refractivity contribution in [3.05, 3.63) is 0 Å². The van der Waals surface area contributed by atoms with Crippen LogP contribution in [0, 0.1) is 0 Å². The first-order chi connectivity index (χ1) is 7.65. The zero-order valence-electron chi connectivity index (χ0n) is 9.82. The Bertz CT molecular complexity index is 294. The lowest BCUT2D eigenvalue weighted by atomic mass is 10.1. The molecule has 3 atom stereocenters. The smallest absolute Gasteiger partial charge is 0.244 e. The highest BCUT2D eigenvalue weighted by Crippen LogP contribution is 2.23. The summed E-state index contributed by atoms with van der Waals surface area (Å²) >= 11 is 1.74. The summed E-state index contributed by atoms with van der Waals surface area (Å²) in [5, 5.41) is 7.73. The fourth-order valence-electron chi connectivity index (χ4n) is 2.13. The minimum absolute atomic E-state index is 0.0760. The molecule has 0 bridgehead atoms. The molecule has 90 valence electrons. The van der Waals surface area contributed by atoms with E-state index in [-0.39, 0.29) is 11.9 Å². The second-order valence-electron chi connectivity index (χ2n) is 4.59. The monoisotopic (exact) mass is 241 g/mol. The average Bonchev–Trinajstić information content (AvgIpc) is 2.20. The third-order valence-corrected chi connectivity index (χ3v) is 3.94. The molecule has 0 aromatic rings. The Morgan fingerprint density at radius 3 is 2.94 bits per heavy atom. The third kappa shape index (κ3) is 2.90. The Morgan fingerprint density at radius 2 is 2.25 bits per heavy atom. The molecular weight excluding hydrogens is 222 g/mol.